The second-order valence-corrected chi connectivity index (χ2v) is 5.67. The van der Waals surface area contributed by atoms with E-state index in [9.17, 15) is 4.39 Å². The quantitative estimate of drug-likeness (QED) is 0.791. The lowest BCUT2D eigenvalue weighted by molar-refractivity contribution is 0.403. The fourth-order valence-corrected chi connectivity index (χ4v) is 2.67. The molecule has 1 unspecified atom stereocenters. The van der Waals surface area contributed by atoms with E-state index in [-0.39, 0.29) is 11.9 Å². The number of benzene rings is 1. The zero-order valence-electron chi connectivity index (χ0n) is 11.3. The third-order valence-electron chi connectivity index (χ3n) is 3.12. The van der Waals surface area contributed by atoms with Crippen LogP contribution in [-0.4, -0.2) is 6.54 Å². The predicted molar refractivity (Wildman–Crippen MR) is 79.8 cm³/mol. The topological polar surface area (TPSA) is 25.2 Å². The molecular weight excluding hydrogens is 309 g/mol. The Labute approximate surface area is 121 Å². The number of nitrogens with one attached hydrogen (secondary N) is 1. The average molecular weight is 328 g/mol. The Morgan fingerprint density at radius 1 is 1.26 bits per heavy atom. The lowest BCUT2D eigenvalue weighted by Crippen LogP contribution is -2.21. The van der Waals surface area contributed by atoms with Crippen molar-refractivity contribution >= 4 is 26.9 Å². The molecule has 0 radical (unpaired) electrons. The second-order valence-electron chi connectivity index (χ2n) is 4.75. The van der Waals surface area contributed by atoms with Gasteiger partial charge in [-0.3, -0.25) is 0 Å². The Morgan fingerprint density at radius 3 is 2.74 bits per heavy atom. The molecule has 0 saturated heterocycles. The van der Waals surface area contributed by atoms with Gasteiger partial charge in [-0.15, -0.1) is 0 Å². The van der Waals surface area contributed by atoms with E-state index < -0.39 is 0 Å². The molecule has 1 atom stereocenters. The lowest BCUT2D eigenvalue weighted by atomic mass is 10.1. The van der Waals surface area contributed by atoms with Gasteiger partial charge in [-0.2, -0.15) is 0 Å². The van der Waals surface area contributed by atoms with Crippen LogP contribution in [-0.2, 0) is 0 Å². The molecule has 0 spiro atoms. The maximum atomic E-state index is 13.8. The molecular formula is C15H19BrFNO. The van der Waals surface area contributed by atoms with Crippen molar-refractivity contribution in [1.82, 2.24) is 5.32 Å². The van der Waals surface area contributed by atoms with Gasteiger partial charge in [0.05, 0.1) is 6.04 Å². The van der Waals surface area contributed by atoms with Crippen LogP contribution in [0.1, 0.15) is 44.9 Å². The van der Waals surface area contributed by atoms with E-state index in [1.165, 1.54) is 6.07 Å². The third-order valence-corrected chi connectivity index (χ3v) is 3.57. The highest BCUT2D eigenvalue weighted by Gasteiger charge is 2.17. The van der Waals surface area contributed by atoms with Gasteiger partial charge in [0.2, 0.25) is 0 Å². The van der Waals surface area contributed by atoms with E-state index in [0.717, 1.165) is 41.4 Å². The van der Waals surface area contributed by atoms with Crippen molar-refractivity contribution < 1.29 is 8.81 Å². The summed E-state index contributed by atoms with van der Waals surface area (Å²) < 4.78 is 20.3. The minimum atomic E-state index is -0.318. The maximum Gasteiger partial charge on any atom is 0.170 e. The van der Waals surface area contributed by atoms with E-state index in [1.807, 2.05) is 12.1 Å². The van der Waals surface area contributed by atoms with Crippen LogP contribution in [0.5, 0.6) is 0 Å². The predicted octanol–water partition coefficient (Wildman–Crippen LogP) is 5.18. The van der Waals surface area contributed by atoms with Gasteiger partial charge >= 0.3 is 0 Å². The summed E-state index contributed by atoms with van der Waals surface area (Å²) in [5.74, 6) is 0.503. The summed E-state index contributed by atoms with van der Waals surface area (Å²) in [5.41, 5.74) is 0.345. The minimum absolute atomic E-state index is 0.163. The zero-order valence-corrected chi connectivity index (χ0v) is 12.9. The van der Waals surface area contributed by atoms with Crippen molar-refractivity contribution in [3.05, 3.63) is 34.2 Å². The summed E-state index contributed by atoms with van der Waals surface area (Å²) in [7, 11) is 0. The first-order valence-corrected chi connectivity index (χ1v) is 7.56. The first kappa shape index (κ1) is 14.5. The largest absolute Gasteiger partial charge is 0.456 e. The highest BCUT2D eigenvalue weighted by Crippen LogP contribution is 2.30. The fourth-order valence-electron chi connectivity index (χ4n) is 2.22. The van der Waals surface area contributed by atoms with Crippen LogP contribution in [0, 0.1) is 5.82 Å². The molecule has 1 N–H and O–H groups in total. The van der Waals surface area contributed by atoms with E-state index >= 15 is 0 Å². The van der Waals surface area contributed by atoms with Gasteiger partial charge in [0.1, 0.15) is 5.76 Å². The van der Waals surface area contributed by atoms with Gasteiger partial charge in [-0.1, -0.05) is 36.2 Å². The highest BCUT2D eigenvalue weighted by molar-refractivity contribution is 9.10. The van der Waals surface area contributed by atoms with Crippen molar-refractivity contribution in [2.24, 2.45) is 0 Å². The van der Waals surface area contributed by atoms with E-state index in [1.54, 1.807) is 0 Å². The number of rotatable bonds is 6. The molecule has 0 saturated carbocycles. The summed E-state index contributed by atoms with van der Waals surface area (Å²) in [6, 6.07) is 5.42. The standard InChI is InChI=1S/C15H19BrFNO/c1-3-5-13(18-6-4-2)14-8-10-7-11(16)9-12(17)15(10)19-14/h7-9,13,18H,3-6H2,1-2H3. The molecule has 0 aliphatic carbocycles. The van der Waals surface area contributed by atoms with Crippen molar-refractivity contribution in [3.63, 3.8) is 0 Å². The molecule has 1 aromatic carbocycles. The Hall–Kier alpha value is -0.870. The molecule has 2 nitrogen and oxygen atoms in total. The van der Waals surface area contributed by atoms with Crippen LogP contribution in [0.4, 0.5) is 4.39 Å². The molecule has 2 rings (SSSR count). The summed E-state index contributed by atoms with van der Waals surface area (Å²) in [6.07, 6.45) is 3.12. The summed E-state index contributed by atoms with van der Waals surface area (Å²) >= 11 is 3.30. The van der Waals surface area contributed by atoms with Crippen LogP contribution < -0.4 is 5.32 Å². The molecule has 1 aromatic heterocycles. The monoisotopic (exact) mass is 327 g/mol. The molecule has 0 aliphatic heterocycles. The van der Waals surface area contributed by atoms with E-state index in [0.29, 0.717) is 5.58 Å². The van der Waals surface area contributed by atoms with Gasteiger partial charge in [0.15, 0.2) is 11.4 Å². The smallest absolute Gasteiger partial charge is 0.170 e. The van der Waals surface area contributed by atoms with Gasteiger partial charge in [-0.05, 0) is 37.6 Å². The number of hydrogen-bond donors (Lipinski definition) is 1. The van der Waals surface area contributed by atoms with Crippen LogP contribution >= 0.6 is 15.9 Å². The zero-order chi connectivity index (χ0) is 13.8. The van der Waals surface area contributed by atoms with Crippen molar-refractivity contribution in [2.75, 3.05) is 6.54 Å². The highest BCUT2D eigenvalue weighted by atomic mass is 79.9. The minimum Gasteiger partial charge on any atom is -0.456 e. The van der Waals surface area contributed by atoms with Crippen LogP contribution in [0.2, 0.25) is 0 Å². The number of furan rings is 1. The molecule has 2 aromatic rings. The van der Waals surface area contributed by atoms with Crippen molar-refractivity contribution in [3.8, 4) is 0 Å². The molecule has 4 heteroatoms. The molecule has 19 heavy (non-hydrogen) atoms. The number of fused-ring (bicyclic) bond motifs is 1. The van der Waals surface area contributed by atoms with Crippen molar-refractivity contribution in [2.45, 2.75) is 39.2 Å². The Kier molecular flexibility index (Phi) is 4.99. The molecule has 0 fully saturated rings. The average Bonchev–Trinajstić information content (AvgIpc) is 2.78. The van der Waals surface area contributed by atoms with Crippen molar-refractivity contribution in [1.29, 1.82) is 0 Å². The summed E-state index contributed by atoms with van der Waals surface area (Å²) in [4.78, 5) is 0. The normalized spacial score (nSPS) is 13.1. The first-order valence-electron chi connectivity index (χ1n) is 6.77. The molecule has 0 bridgehead atoms. The Morgan fingerprint density at radius 2 is 2.05 bits per heavy atom. The first-order chi connectivity index (χ1) is 9.15. The number of hydrogen-bond acceptors (Lipinski definition) is 2. The molecule has 104 valence electrons. The van der Waals surface area contributed by atoms with Gasteiger partial charge in [0, 0.05) is 9.86 Å². The number of halogens is 2. The third kappa shape index (κ3) is 3.37. The van der Waals surface area contributed by atoms with Gasteiger partial charge < -0.3 is 9.73 Å². The summed E-state index contributed by atoms with van der Waals surface area (Å²) in [5, 5.41) is 4.26. The van der Waals surface area contributed by atoms with Crippen LogP contribution in [0.15, 0.2) is 27.1 Å². The SMILES string of the molecule is CCCNC(CCC)c1cc2cc(Br)cc(F)c2o1. The van der Waals surface area contributed by atoms with E-state index in [2.05, 4.69) is 35.1 Å². The second kappa shape index (κ2) is 6.53. The Bertz CT molecular complexity index is 552. The molecule has 0 aliphatic rings. The van der Waals surface area contributed by atoms with E-state index in [4.69, 9.17) is 4.42 Å². The van der Waals surface area contributed by atoms with Gasteiger partial charge in [-0.25, -0.2) is 4.39 Å². The Balaban J connectivity index is 2.34. The molecule has 1 heterocycles. The maximum absolute atomic E-state index is 13.8. The van der Waals surface area contributed by atoms with Crippen LogP contribution in [0.3, 0.4) is 0 Å². The van der Waals surface area contributed by atoms with Crippen LogP contribution in [0.25, 0.3) is 11.0 Å². The molecule has 0 amide bonds. The lowest BCUT2D eigenvalue weighted by Gasteiger charge is -2.14. The van der Waals surface area contributed by atoms with Gasteiger partial charge in [0.25, 0.3) is 0 Å². The fraction of sp³-hybridized carbons (Fsp3) is 0.467. The summed E-state index contributed by atoms with van der Waals surface area (Å²) in [6.45, 7) is 5.21.